The van der Waals surface area contributed by atoms with Crippen molar-refractivity contribution in [3.8, 4) is 27.9 Å². The van der Waals surface area contributed by atoms with Gasteiger partial charge in [0.05, 0.1) is 16.4 Å². The highest BCUT2D eigenvalue weighted by Crippen LogP contribution is 2.56. The summed E-state index contributed by atoms with van der Waals surface area (Å²) in [6, 6.07) is 83.2. The molecule has 0 radical (unpaired) electrons. The summed E-state index contributed by atoms with van der Waals surface area (Å²) in [4.78, 5) is 3.88. The largest absolute Gasteiger partial charge is 0.314 e. The zero-order chi connectivity index (χ0) is 42.2. The van der Waals surface area contributed by atoms with Gasteiger partial charge in [-0.25, -0.2) is 0 Å². The second-order valence-corrected chi connectivity index (χ2v) is 18.2. The first kappa shape index (κ1) is 36.9. The molecule has 0 bridgehead atoms. The molecule has 0 saturated heterocycles. The van der Waals surface area contributed by atoms with Gasteiger partial charge in [0.25, 0.3) is 0 Å². The quantitative estimate of drug-likeness (QED) is 0.155. The first-order chi connectivity index (χ1) is 31.7. The number of para-hydroxylation sites is 1. The molecule has 0 atom stereocenters. The van der Waals surface area contributed by atoms with E-state index in [1.54, 1.807) is 0 Å². The van der Waals surface area contributed by atoms with Crippen LogP contribution in [-0.4, -0.2) is 4.57 Å². The number of anilines is 2. The summed E-state index contributed by atoms with van der Waals surface area (Å²) in [7, 11) is 0. The van der Waals surface area contributed by atoms with E-state index in [2.05, 4.69) is 240 Å². The highest BCUT2D eigenvalue weighted by atomic mass is 32.1. The van der Waals surface area contributed by atoms with Crippen LogP contribution in [0, 0.1) is 0 Å². The molecule has 0 aliphatic heterocycles. The van der Waals surface area contributed by atoms with Crippen LogP contribution < -0.4 is 4.90 Å². The van der Waals surface area contributed by atoms with Gasteiger partial charge >= 0.3 is 0 Å². The van der Waals surface area contributed by atoms with Crippen molar-refractivity contribution in [3.63, 3.8) is 0 Å². The number of fused-ring (bicyclic) bond motifs is 9. The molecular weight excluding hydrogens is 793 g/mol. The minimum Gasteiger partial charge on any atom is -0.314 e. The Morgan fingerprint density at radius 1 is 0.438 bits per heavy atom. The van der Waals surface area contributed by atoms with Crippen LogP contribution in [0.3, 0.4) is 0 Å². The Morgan fingerprint density at radius 2 is 1.02 bits per heavy atom. The molecule has 0 amide bonds. The summed E-state index contributed by atoms with van der Waals surface area (Å²) < 4.78 is 3.81. The predicted molar refractivity (Wildman–Crippen MR) is 270 cm³/mol. The lowest BCUT2D eigenvalue weighted by Gasteiger charge is -2.34. The summed E-state index contributed by atoms with van der Waals surface area (Å²) in [6.07, 6.45) is 4.41. The average Bonchev–Trinajstić information content (AvgIpc) is 4.01. The normalized spacial score (nSPS) is 13.7. The molecule has 2 nitrogen and oxygen atoms in total. The molecule has 302 valence electrons. The lowest BCUT2D eigenvalue weighted by atomic mass is 9.67. The van der Waals surface area contributed by atoms with Crippen LogP contribution in [0.1, 0.15) is 39.1 Å². The Bertz CT molecular complexity index is 3550. The van der Waals surface area contributed by atoms with Gasteiger partial charge in [-0.05, 0) is 135 Å². The maximum absolute atomic E-state index is 2.52. The first-order valence-electron chi connectivity index (χ1n) is 22.3. The number of nitrogens with zero attached hydrogens (tertiary/aromatic N) is 2. The molecule has 11 aromatic rings. The summed E-state index contributed by atoms with van der Waals surface area (Å²) in [6.45, 7) is 0. The molecule has 9 aromatic carbocycles. The summed E-state index contributed by atoms with van der Waals surface area (Å²) in [5.74, 6) is 0. The molecule has 0 saturated carbocycles. The monoisotopic (exact) mass is 834 g/mol. The SMILES string of the molecule is C1=C(N(c2ccc(-c3ccccc3)cc2)c2ccc3c(c2)c2cc(C4(c5ccccc5)c5ccccc5-c5ccccc54)ccc2n3-c2ccccc2)CCc2c1sc1ccccc21. The number of rotatable bonds is 7. The van der Waals surface area contributed by atoms with Gasteiger partial charge in [-0.2, -0.15) is 0 Å². The number of benzene rings is 9. The standard InChI is InChI=1S/C61H42N2S/c1-4-16-41(17-5-1)42-28-31-46(32-29-42)62(48-33-35-52-51-24-12-15-27-59(51)64-60(52)40-48)47-34-37-58-54(39-47)53-38-44(30-36-57(53)63(58)45-20-8-3-9-21-45)61(43-18-6-2-7-19-43)55-25-13-10-22-49(55)50-23-11-14-26-56(50)61/h1-32,34,36-40H,33,35H2. The molecule has 2 heterocycles. The van der Waals surface area contributed by atoms with Crippen molar-refractivity contribution in [1.82, 2.24) is 4.57 Å². The maximum Gasteiger partial charge on any atom is 0.0713 e. The van der Waals surface area contributed by atoms with Crippen molar-refractivity contribution in [2.75, 3.05) is 4.90 Å². The van der Waals surface area contributed by atoms with E-state index in [1.165, 1.54) is 92.5 Å². The third-order valence-corrected chi connectivity index (χ3v) is 15.0. The van der Waals surface area contributed by atoms with E-state index in [9.17, 15) is 0 Å². The van der Waals surface area contributed by atoms with Gasteiger partial charge in [0.2, 0.25) is 0 Å². The van der Waals surface area contributed by atoms with Crippen LogP contribution in [0.4, 0.5) is 11.4 Å². The van der Waals surface area contributed by atoms with Gasteiger partial charge < -0.3 is 9.47 Å². The molecule has 0 unspecified atom stereocenters. The molecule has 0 spiro atoms. The summed E-state index contributed by atoms with van der Waals surface area (Å²) in [5.41, 5.74) is 18.3. The summed E-state index contributed by atoms with van der Waals surface area (Å²) >= 11 is 1.91. The van der Waals surface area contributed by atoms with Crippen molar-refractivity contribution >= 4 is 60.7 Å². The van der Waals surface area contributed by atoms with Gasteiger partial charge in [0.15, 0.2) is 0 Å². The molecule has 2 aliphatic rings. The molecule has 0 fully saturated rings. The van der Waals surface area contributed by atoms with Crippen molar-refractivity contribution < 1.29 is 0 Å². The molecule has 3 heteroatoms. The number of hydrogen-bond acceptors (Lipinski definition) is 2. The highest BCUT2D eigenvalue weighted by Gasteiger charge is 2.46. The van der Waals surface area contributed by atoms with Crippen molar-refractivity contribution in [3.05, 3.63) is 263 Å². The van der Waals surface area contributed by atoms with E-state index in [1.807, 2.05) is 11.3 Å². The molecule has 2 aliphatic carbocycles. The number of aromatic nitrogens is 1. The number of allylic oxidation sites excluding steroid dienone is 1. The van der Waals surface area contributed by atoms with E-state index in [0.717, 1.165) is 29.9 Å². The van der Waals surface area contributed by atoms with Gasteiger partial charge in [-0.15, -0.1) is 11.3 Å². The smallest absolute Gasteiger partial charge is 0.0713 e. The zero-order valence-corrected chi connectivity index (χ0v) is 36.0. The van der Waals surface area contributed by atoms with Crippen LogP contribution in [-0.2, 0) is 11.8 Å². The number of hydrogen-bond donors (Lipinski definition) is 0. The average molecular weight is 835 g/mol. The third kappa shape index (κ3) is 5.57. The van der Waals surface area contributed by atoms with Gasteiger partial charge in [0.1, 0.15) is 0 Å². The van der Waals surface area contributed by atoms with Crippen LogP contribution in [0.25, 0.3) is 65.9 Å². The zero-order valence-electron chi connectivity index (χ0n) is 35.2. The lowest BCUT2D eigenvalue weighted by molar-refractivity contribution is 0.770. The molecule has 0 N–H and O–H groups in total. The van der Waals surface area contributed by atoms with Crippen LogP contribution in [0.5, 0.6) is 0 Å². The van der Waals surface area contributed by atoms with E-state index in [0.29, 0.717) is 0 Å². The second-order valence-electron chi connectivity index (χ2n) is 17.1. The second kappa shape index (κ2) is 14.7. The van der Waals surface area contributed by atoms with Crippen molar-refractivity contribution in [1.29, 1.82) is 0 Å². The maximum atomic E-state index is 2.52. The fourth-order valence-corrected chi connectivity index (χ4v) is 12.2. The van der Waals surface area contributed by atoms with Crippen LogP contribution in [0.15, 0.2) is 230 Å². The minimum atomic E-state index is -0.497. The molecule has 13 rings (SSSR count). The van der Waals surface area contributed by atoms with Gasteiger partial charge in [-0.1, -0.05) is 164 Å². The molecular formula is C61H42N2S. The van der Waals surface area contributed by atoms with Crippen molar-refractivity contribution in [2.45, 2.75) is 18.3 Å². The third-order valence-electron chi connectivity index (χ3n) is 13.8. The molecule has 64 heavy (non-hydrogen) atoms. The van der Waals surface area contributed by atoms with E-state index >= 15 is 0 Å². The first-order valence-corrected chi connectivity index (χ1v) is 23.1. The number of aryl methyl sites for hydroxylation is 1. The Labute approximate surface area is 377 Å². The molecule has 2 aromatic heterocycles. The van der Waals surface area contributed by atoms with Crippen molar-refractivity contribution in [2.24, 2.45) is 0 Å². The highest BCUT2D eigenvalue weighted by molar-refractivity contribution is 7.20. The fraction of sp³-hybridized carbons (Fsp3) is 0.0492. The van der Waals surface area contributed by atoms with Gasteiger partial charge in [-0.3, -0.25) is 0 Å². The fourth-order valence-electron chi connectivity index (χ4n) is 11.0. The Hall–Kier alpha value is -7.72. The van der Waals surface area contributed by atoms with Gasteiger partial charge in [0, 0.05) is 43.1 Å². The van der Waals surface area contributed by atoms with E-state index in [-0.39, 0.29) is 0 Å². The minimum absolute atomic E-state index is 0.497. The lowest BCUT2D eigenvalue weighted by Crippen LogP contribution is -2.28. The predicted octanol–water partition coefficient (Wildman–Crippen LogP) is 16.2. The Balaban J connectivity index is 1.06. The van der Waals surface area contributed by atoms with Crippen LogP contribution >= 0.6 is 11.3 Å². The Morgan fingerprint density at radius 3 is 1.75 bits per heavy atom. The van der Waals surface area contributed by atoms with E-state index < -0.39 is 5.41 Å². The number of thiophene rings is 1. The topological polar surface area (TPSA) is 8.17 Å². The Kier molecular flexibility index (Phi) is 8.47. The summed E-state index contributed by atoms with van der Waals surface area (Å²) in [5, 5.41) is 3.85. The van der Waals surface area contributed by atoms with Crippen LogP contribution in [0.2, 0.25) is 0 Å². The van der Waals surface area contributed by atoms with E-state index in [4.69, 9.17) is 0 Å².